The maximum Gasteiger partial charge on any atom is 0.152 e. The van der Waals surface area contributed by atoms with Crippen molar-refractivity contribution in [1.29, 1.82) is 0 Å². The van der Waals surface area contributed by atoms with Crippen LogP contribution in [-0.4, -0.2) is 33.2 Å². The summed E-state index contributed by atoms with van der Waals surface area (Å²) >= 11 is 1.92. The molecule has 0 fully saturated rings. The molecule has 2 aromatic heterocycles. The normalized spacial score (nSPS) is 12.0. The van der Waals surface area contributed by atoms with E-state index in [9.17, 15) is 0 Å². The largest absolute Gasteiger partial charge is 0.368 e. The molecule has 0 aliphatic carbocycles. The minimum atomic E-state index is 0.0567. The monoisotopic (exact) mass is 306 g/mol. The first-order chi connectivity index (χ1) is 10.0. The molecule has 21 heavy (non-hydrogen) atoms. The zero-order chi connectivity index (χ0) is 15.3. The summed E-state index contributed by atoms with van der Waals surface area (Å²) in [5, 5.41) is 8.10. The molecular formula is C16H26N4S. The van der Waals surface area contributed by atoms with Crippen LogP contribution in [0, 0.1) is 0 Å². The molecule has 2 rings (SSSR count). The van der Waals surface area contributed by atoms with Gasteiger partial charge in [0, 0.05) is 24.4 Å². The highest BCUT2D eigenvalue weighted by Gasteiger charge is 2.18. The molecule has 116 valence electrons. The number of aromatic nitrogens is 3. The first-order valence-corrected chi connectivity index (χ1v) is 8.99. The van der Waals surface area contributed by atoms with E-state index in [1.807, 2.05) is 28.7 Å². The van der Waals surface area contributed by atoms with Crippen molar-refractivity contribution >= 4 is 23.1 Å². The molecule has 4 nitrogen and oxygen atoms in total. The van der Waals surface area contributed by atoms with Crippen LogP contribution in [0.25, 0.3) is 5.52 Å². The zero-order valence-corrected chi connectivity index (χ0v) is 14.3. The minimum Gasteiger partial charge on any atom is -0.368 e. The molecule has 2 heterocycles. The first kappa shape index (κ1) is 16.1. The van der Waals surface area contributed by atoms with E-state index in [1.165, 1.54) is 25.0 Å². The standard InChI is InChI=1S/C16H26N4S/c1-16(2,3)14-12-13-15(18-9-10-20(13)19-14)17-8-6-5-7-11-21-4/h9-10,12H,5-8,11H2,1-4H3,(H,17,18). The molecule has 0 aromatic carbocycles. The van der Waals surface area contributed by atoms with Gasteiger partial charge in [0.25, 0.3) is 0 Å². The van der Waals surface area contributed by atoms with Crippen molar-refractivity contribution in [3.8, 4) is 0 Å². The van der Waals surface area contributed by atoms with Crippen LogP contribution >= 0.6 is 11.8 Å². The maximum atomic E-state index is 4.65. The number of hydrogen-bond acceptors (Lipinski definition) is 4. The second kappa shape index (κ2) is 7.16. The van der Waals surface area contributed by atoms with Gasteiger partial charge in [-0.15, -0.1) is 0 Å². The Morgan fingerprint density at radius 3 is 2.76 bits per heavy atom. The Hall–Kier alpha value is -1.23. The summed E-state index contributed by atoms with van der Waals surface area (Å²) in [7, 11) is 0. The molecule has 0 saturated carbocycles. The average molecular weight is 306 g/mol. The lowest BCUT2D eigenvalue weighted by Crippen LogP contribution is -2.11. The molecular weight excluding hydrogens is 280 g/mol. The van der Waals surface area contributed by atoms with Crippen LogP contribution in [-0.2, 0) is 5.41 Å². The Morgan fingerprint density at radius 1 is 1.24 bits per heavy atom. The van der Waals surface area contributed by atoms with Gasteiger partial charge in [0.05, 0.1) is 5.69 Å². The third-order valence-corrected chi connectivity index (χ3v) is 4.17. The predicted octanol–water partition coefficient (Wildman–Crippen LogP) is 3.97. The molecule has 5 heteroatoms. The number of nitrogens with zero attached hydrogens (tertiary/aromatic N) is 3. The highest BCUT2D eigenvalue weighted by Crippen LogP contribution is 2.24. The Morgan fingerprint density at radius 2 is 2.05 bits per heavy atom. The smallest absolute Gasteiger partial charge is 0.152 e. The van der Waals surface area contributed by atoms with Crippen molar-refractivity contribution in [1.82, 2.24) is 14.6 Å². The van der Waals surface area contributed by atoms with Gasteiger partial charge >= 0.3 is 0 Å². The van der Waals surface area contributed by atoms with Crippen LogP contribution in [0.1, 0.15) is 45.7 Å². The Labute approximate surface area is 131 Å². The Bertz CT molecular complexity index is 571. The molecule has 0 unspecified atom stereocenters. The molecule has 0 radical (unpaired) electrons. The second-order valence-corrected chi connectivity index (χ2v) is 7.35. The summed E-state index contributed by atoms with van der Waals surface area (Å²) in [6.45, 7) is 7.51. The van der Waals surface area contributed by atoms with E-state index in [0.29, 0.717) is 0 Å². The summed E-state index contributed by atoms with van der Waals surface area (Å²) in [6, 6.07) is 2.14. The van der Waals surface area contributed by atoms with E-state index >= 15 is 0 Å². The fourth-order valence-electron chi connectivity index (χ4n) is 2.18. The summed E-state index contributed by atoms with van der Waals surface area (Å²) in [5.74, 6) is 2.19. The number of fused-ring (bicyclic) bond motifs is 1. The first-order valence-electron chi connectivity index (χ1n) is 7.60. The summed E-state index contributed by atoms with van der Waals surface area (Å²) in [6.07, 6.45) is 9.63. The molecule has 1 N–H and O–H groups in total. The second-order valence-electron chi connectivity index (χ2n) is 6.37. The fourth-order valence-corrected chi connectivity index (χ4v) is 2.67. The summed E-state index contributed by atoms with van der Waals surface area (Å²) in [5.41, 5.74) is 2.21. The van der Waals surface area contributed by atoms with Gasteiger partial charge in [0.1, 0.15) is 5.52 Å². The van der Waals surface area contributed by atoms with E-state index in [1.54, 1.807) is 0 Å². The SMILES string of the molecule is CSCCCCCNc1nccn2nc(C(C)(C)C)cc12. The van der Waals surface area contributed by atoms with Crippen molar-refractivity contribution in [2.24, 2.45) is 0 Å². The van der Waals surface area contributed by atoms with Gasteiger partial charge in [-0.1, -0.05) is 27.2 Å². The van der Waals surface area contributed by atoms with Gasteiger partial charge in [0.15, 0.2) is 5.82 Å². The third-order valence-electron chi connectivity index (χ3n) is 3.48. The molecule has 0 atom stereocenters. The number of unbranched alkanes of at least 4 members (excludes halogenated alkanes) is 2. The number of hydrogen-bond donors (Lipinski definition) is 1. The van der Waals surface area contributed by atoms with Gasteiger partial charge in [-0.05, 0) is 30.9 Å². The van der Waals surface area contributed by atoms with Crippen LogP contribution < -0.4 is 5.32 Å². The van der Waals surface area contributed by atoms with Gasteiger partial charge < -0.3 is 5.32 Å². The van der Waals surface area contributed by atoms with Crippen LogP contribution in [0.3, 0.4) is 0 Å². The van der Waals surface area contributed by atoms with Crippen molar-refractivity contribution in [3.63, 3.8) is 0 Å². The lowest BCUT2D eigenvalue weighted by atomic mass is 9.92. The van der Waals surface area contributed by atoms with Crippen molar-refractivity contribution in [2.75, 3.05) is 23.9 Å². The zero-order valence-electron chi connectivity index (χ0n) is 13.5. The average Bonchev–Trinajstić information content (AvgIpc) is 2.87. The number of nitrogens with one attached hydrogen (secondary N) is 1. The van der Waals surface area contributed by atoms with Crippen LogP contribution in [0.15, 0.2) is 18.5 Å². The summed E-state index contributed by atoms with van der Waals surface area (Å²) < 4.78 is 1.92. The molecule has 0 bridgehead atoms. The summed E-state index contributed by atoms with van der Waals surface area (Å²) in [4.78, 5) is 4.46. The van der Waals surface area contributed by atoms with Crippen LogP contribution in [0.5, 0.6) is 0 Å². The lowest BCUT2D eigenvalue weighted by Gasteiger charge is -2.13. The topological polar surface area (TPSA) is 42.2 Å². The van der Waals surface area contributed by atoms with Crippen LogP contribution in [0.2, 0.25) is 0 Å². The quantitative estimate of drug-likeness (QED) is 0.786. The van der Waals surface area contributed by atoms with Crippen molar-refractivity contribution < 1.29 is 0 Å². The van der Waals surface area contributed by atoms with Crippen molar-refractivity contribution in [2.45, 2.75) is 45.4 Å². The fraction of sp³-hybridized carbons (Fsp3) is 0.625. The van der Waals surface area contributed by atoms with Gasteiger partial charge in [-0.3, -0.25) is 0 Å². The molecule has 2 aromatic rings. The van der Waals surface area contributed by atoms with Gasteiger partial charge in [0.2, 0.25) is 0 Å². The highest BCUT2D eigenvalue weighted by molar-refractivity contribution is 7.98. The van der Waals surface area contributed by atoms with Crippen LogP contribution in [0.4, 0.5) is 5.82 Å². The van der Waals surface area contributed by atoms with Gasteiger partial charge in [-0.2, -0.15) is 16.9 Å². The third kappa shape index (κ3) is 4.37. The van der Waals surface area contributed by atoms with Crippen molar-refractivity contribution in [3.05, 3.63) is 24.2 Å². The van der Waals surface area contributed by atoms with E-state index in [0.717, 1.165) is 23.6 Å². The highest BCUT2D eigenvalue weighted by atomic mass is 32.2. The maximum absolute atomic E-state index is 4.65. The lowest BCUT2D eigenvalue weighted by molar-refractivity contribution is 0.562. The van der Waals surface area contributed by atoms with E-state index in [-0.39, 0.29) is 5.41 Å². The van der Waals surface area contributed by atoms with E-state index < -0.39 is 0 Å². The minimum absolute atomic E-state index is 0.0567. The molecule has 0 spiro atoms. The number of anilines is 1. The molecule has 0 saturated heterocycles. The molecule has 0 aliphatic heterocycles. The molecule has 0 aliphatic rings. The van der Waals surface area contributed by atoms with E-state index in [2.05, 4.69) is 48.5 Å². The Balaban J connectivity index is 2.01. The number of thioether (sulfide) groups is 1. The predicted molar refractivity (Wildman–Crippen MR) is 92.4 cm³/mol. The van der Waals surface area contributed by atoms with E-state index in [4.69, 9.17) is 0 Å². The van der Waals surface area contributed by atoms with Gasteiger partial charge in [-0.25, -0.2) is 9.50 Å². The number of rotatable bonds is 7. The Kier molecular flexibility index (Phi) is 5.51. The molecule has 0 amide bonds.